The van der Waals surface area contributed by atoms with Crippen molar-refractivity contribution in [3.63, 3.8) is 0 Å². The summed E-state index contributed by atoms with van der Waals surface area (Å²) in [4.78, 5) is 0.954. The zero-order chi connectivity index (χ0) is 26.3. The second-order valence-electron chi connectivity index (χ2n) is 7.44. The molecule has 12 heteroatoms. The zero-order valence-electron chi connectivity index (χ0n) is 18.9. The Hall–Kier alpha value is -2.77. The molecule has 0 amide bonds. The molecule has 7 nitrogen and oxygen atoms in total. The van der Waals surface area contributed by atoms with Crippen molar-refractivity contribution in [1.82, 2.24) is 0 Å². The van der Waals surface area contributed by atoms with Gasteiger partial charge in [-0.3, -0.25) is 0 Å². The van der Waals surface area contributed by atoms with E-state index in [-0.39, 0.29) is 40.9 Å². The number of halogens is 3. The number of aliphatic hydroxyl groups is 2. The minimum absolute atomic E-state index is 0.0226. The largest absolute Gasteiger partial charge is 0.573 e. The standard InChI is InChI=1S/C24H23F3O7S2/c1-32-9-10-33-18-11-16(13-23(28)29)12-22(15-18)36(30,31)21-7-5-19(6-8-21)35-20-4-2-3-17(14-20)34-24(25,26)27/h2-8,11-12,14-15,23,28-29H,9-10,13H2,1H3. The lowest BCUT2D eigenvalue weighted by Gasteiger charge is -2.13. The lowest BCUT2D eigenvalue weighted by atomic mass is 10.1. The maximum Gasteiger partial charge on any atom is 0.573 e. The first-order chi connectivity index (χ1) is 17.0. The fourth-order valence-electron chi connectivity index (χ4n) is 3.13. The van der Waals surface area contributed by atoms with E-state index in [1.165, 1.54) is 67.8 Å². The van der Waals surface area contributed by atoms with Gasteiger partial charge < -0.3 is 24.4 Å². The smallest absolute Gasteiger partial charge is 0.491 e. The number of rotatable bonds is 11. The quantitative estimate of drug-likeness (QED) is 0.270. The highest BCUT2D eigenvalue weighted by Crippen LogP contribution is 2.33. The van der Waals surface area contributed by atoms with Crippen LogP contribution in [0.2, 0.25) is 0 Å². The maximum atomic E-state index is 13.3. The van der Waals surface area contributed by atoms with Crippen LogP contribution in [0.25, 0.3) is 0 Å². The summed E-state index contributed by atoms with van der Waals surface area (Å²) in [5.74, 6) is -0.125. The van der Waals surface area contributed by atoms with E-state index in [1.54, 1.807) is 6.07 Å². The van der Waals surface area contributed by atoms with E-state index in [0.29, 0.717) is 15.4 Å². The van der Waals surface area contributed by atoms with Gasteiger partial charge in [0.15, 0.2) is 6.29 Å². The molecule has 0 aliphatic rings. The van der Waals surface area contributed by atoms with Gasteiger partial charge in [0, 0.05) is 23.3 Å². The molecule has 194 valence electrons. The molecule has 0 heterocycles. The average molecular weight is 545 g/mol. The predicted molar refractivity (Wildman–Crippen MR) is 125 cm³/mol. The van der Waals surface area contributed by atoms with Crippen LogP contribution in [-0.2, 0) is 21.0 Å². The van der Waals surface area contributed by atoms with Crippen molar-refractivity contribution in [3.05, 3.63) is 72.3 Å². The van der Waals surface area contributed by atoms with Crippen LogP contribution in [0.1, 0.15) is 5.56 Å². The van der Waals surface area contributed by atoms with E-state index < -0.39 is 22.5 Å². The molecule has 0 fully saturated rings. The van der Waals surface area contributed by atoms with E-state index in [1.807, 2.05) is 0 Å². The van der Waals surface area contributed by atoms with E-state index in [0.717, 1.165) is 11.8 Å². The third-order valence-electron chi connectivity index (χ3n) is 4.63. The third kappa shape index (κ3) is 8.14. The van der Waals surface area contributed by atoms with Crippen molar-refractivity contribution < 1.29 is 46.0 Å². The molecule has 0 saturated heterocycles. The molecule has 0 aromatic heterocycles. The summed E-state index contributed by atoms with van der Waals surface area (Å²) in [6, 6.07) is 15.5. The Balaban J connectivity index is 1.83. The lowest BCUT2D eigenvalue weighted by Crippen LogP contribution is -2.17. The van der Waals surface area contributed by atoms with Gasteiger partial charge >= 0.3 is 6.36 Å². The SMILES string of the molecule is COCCOc1cc(CC(O)O)cc(S(=O)(=O)c2ccc(Sc3cccc(OC(F)(F)F)c3)cc2)c1. The van der Waals surface area contributed by atoms with Crippen LogP contribution < -0.4 is 9.47 Å². The van der Waals surface area contributed by atoms with Gasteiger partial charge in [0.25, 0.3) is 0 Å². The summed E-state index contributed by atoms with van der Waals surface area (Å²) < 4.78 is 78.3. The molecular formula is C24H23F3O7S2. The topological polar surface area (TPSA) is 102 Å². The van der Waals surface area contributed by atoms with Gasteiger partial charge in [-0.1, -0.05) is 17.8 Å². The first-order valence-corrected chi connectivity index (χ1v) is 12.8. The summed E-state index contributed by atoms with van der Waals surface area (Å²) in [5.41, 5.74) is 0.353. The Morgan fingerprint density at radius 3 is 2.25 bits per heavy atom. The van der Waals surface area contributed by atoms with Crippen molar-refractivity contribution in [3.8, 4) is 11.5 Å². The Kier molecular flexibility index (Phi) is 9.25. The molecule has 0 aliphatic heterocycles. The minimum atomic E-state index is -4.81. The van der Waals surface area contributed by atoms with Crippen LogP contribution in [0, 0.1) is 0 Å². The first kappa shape index (κ1) is 27.8. The predicted octanol–water partition coefficient (Wildman–Crippen LogP) is 4.45. The first-order valence-electron chi connectivity index (χ1n) is 10.5. The van der Waals surface area contributed by atoms with Gasteiger partial charge in [0.1, 0.15) is 18.1 Å². The number of alkyl halides is 3. The van der Waals surface area contributed by atoms with Crippen LogP contribution in [0.5, 0.6) is 11.5 Å². The van der Waals surface area contributed by atoms with E-state index >= 15 is 0 Å². The highest BCUT2D eigenvalue weighted by Gasteiger charge is 2.31. The number of ether oxygens (including phenoxy) is 3. The third-order valence-corrected chi connectivity index (χ3v) is 7.38. The van der Waals surface area contributed by atoms with Crippen molar-refractivity contribution in [2.24, 2.45) is 0 Å². The summed E-state index contributed by atoms with van der Waals surface area (Å²) in [7, 11) is -2.50. The average Bonchev–Trinajstić information content (AvgIpc) is 2.78. The Morgan fingerprint density at radius 2 is 1.61 bits per heavy atom. The molecule has 0 aliphatic carbocycles. The van der Waals surface area contributed by atoms with Crippen LogP contribution in [0.4, 0.5) is 13.2 Å². The molecule has 0 radical (unpaired) electrons. The van der Waals surface area contributed by atoms with Crippen molar-refractivity contribution in [2.75, 3.05) is 20.3 Å². The Morgan fingerprint density at radius 1 is 0.889 bits per heavy atom. The van der Waals surface area contributed by atoms with E-state index in [4.69, 9.17) is 9.47 Å². The molecule has 0 unspecified atom stereocenters. The van der Waals surface area contributed by atoms with Gasteiger partial charge in [-0.15, -0.1) is 13.2 Å². The molecule has 3 aromatic rings. The second kappa shape index (κ2) is 12.0. The van der Waals surface area contributed by atoms with Crippen LogP contribution in [0.3, 0.4) is 0 Å². The number of benzene rings is 3. The fourth-order valence-corrected chi connectivity index (χ4v) is 5.34. The monoisotopic (exact) mass is 544 g/mol. The summed E-state index contributed by atoms with van der Waals surface area (Å²) in [6.07, 6.45) is -6.68. The van der Waals surface area contributed by atoms with Gasteiger partial charge in [-0.25, -0.2) is 8.42 Å². The molecule has 0 bridgehead atoms. The minimum Gasteiger partial charge on any atom is -0.491 e. The molecule has 3 aromatic carbocycles. The van der Waals surface area contributed by atoms with Crippen molar-refractivity contribution in [2.45, 2.75) is 38.7 Å². The van der Waals surface area contributed by atoms with Crippen LogP contribution in [0.15, 0.2) is 86.3 Å². The molecule has 3 rings (SSSR count). The number of hydrogen-bond donors (Lipinski definition) is 2. The normalized spacial score (nSPS) is 12.1. The van der Waals surface area contributed by atoms with E-state index in [2.05, 4.69) is 4.74 Å². The van der Waals surface area contributed by atoms with Crippen LogP contribution >= 0.6 is 11.8 Å². The van der Waals surface area contributed by atoms with Crippen molar-refractivity contribution in [1.29, 1.82) is 0 Å². The number of sulfone groups is 1. The van der Waals surface area contributed by atoms with Gasteiger partial charge in [0.05, 0.1) is 16.4 Å². The Labute approximate surface area is 210 Å². The summed E-state index contributed by atoms with van der Waals surface area (Å²) >= 11 is 1.14. The number of hydrogen-bond acceptors (Lipinski definition) is 8. The highest BCUT2D eigenvalue weighted by atomic mass is 32.2. The van der Waals surface area contributed by atoms with E-state index in [9.17, 15) is 31.8 Å². The zero-order valence-corrected chi connectivity index (χ0v) is 20.6. The lowest BCUT2D eigenvalue weighted by molar-refractivity contribution is -0.274. The van der Waals surface area contributed by atoms with Gasteiger partial charge in [-0.05, 0) is 66.2 Å². The van der Waals surface area contributed by atoms with Crippen LogP contribution in [-0.4, -0.2) is 51.6 Å². The molecule has 2 N–H and O–H groups in total. The van der Waals surface area contributed by atoms with Gasteiger partial charge in [-0.2, -0.15) is 0 Å². The fraction of sp³-hybridized carbons (Fsp3) is 0.250. The molecule has 0 spiro atoms. The second-order valence-corrected chi connectivity index (χ2v) is 10.5. The molecule has 36 heavy (non-hydrogen) atoms. The summed E-state index contributed by atoms with van der Waals surface area (Å²) in [5, 5.41) is 18.7. The summed E-state index contributed by atoms with van der Waals surface area (Å²) in [6.45, 7) is 0.446. The number of methoxy groups -OCH3 is 1. The molecule has 0 atom stereocenters. The number of aliphatic hydroxyl groups excluding tert-OH is 1. The Bertz CT molecular complexity index is 1260. The highest BCUT2D eigenvalue weighted by molar-refractivity contribution is 7.99. The van der Waals surface area contributed by atoms with Crippen molar-refractivity contribution >= 4 is 21.6 Å². The maximum absolute atomic E-state index is 13.3. The van der Waals surface area contributed by atoms with Gasteiger partial charge in [0.2, 0.25) is 9.84 Å². The molecule has 0 saturated carbocycles. The molecular weight excluding hydrogens is 521 g/mol.